The number of hydrogen-bond donors (Lipinski definition) is 3. The number of aliphatic hydroxyl groups is 1. The number of likely N-dealkylation sites (N-methyl/N-ethyl adjacent to an activating group) is 1. The van der Waals surface area contributed by atoms with Crippen molar-refractivity contribution < 1.29 is 43.1 Å². The number of rotatable bonds is 8. The number of amides is 3. The van der Waals surface area contributed by atoms with Gasteiger partial charge in [0.1, 0.15) is 5.75 Å². The number of urea groups is 1. The minimum Gasteiger partial charge on any atom is -0.490 e. The number of fused-ring (bicyclic) bond motifs is 3. The monoisotopic (exact) mass is 704 g/mol. The van der Waals surface area contributed by atoms with Crippen molar-refractivity contribution in [1.29, 1.82) is 0 Å². The Bertz CT molecular complexity index is 1690. The van der Waals surface area contributed by atoms with Crippen LogP contribution in [-0.4, -0.2) is 92.0 Å². The molecule has 6 rings (SSSR count). The summed E-state index contributed by atoms with van der Waals surface area (Å²) >= 11 is 0. The number of carbonyl (C=O) groups excluding carboxylic acids is 2. The highest BCUT2D eigenvalue weighted by Crippen LogP contribution is 2.35. The third kappa shape index (κ3) is 9.15. The van der Waals surface area contributed by atoms with E-state index in [9.17, 15) is 14.7 Å². The molecule has 3 aromatic rings. The summed E-state index contributed by atoms with van der Waals surface area (Å²) in [6.45, 7) is 8.25. The van der Waals surface area contributed by atoms with Gasteiger partial charge in [-0.15, -0.1) is 0 Å². The van der Waals surface area contributed by atoms with E-state index in [0.29, 0.717) is 60.4 Å². The van der Waals surface area contributed by atoms with Gasteiger partial charge in [-0.05, 0) is 88.2 Å². The fourth-order valence-electron chi connectivity index (χ4n) is 6.45. The molecular formula is C38H48N4O9. The highest BCUT2D eigenvalue weighted by atomic mass is 16.7. The zero-order chi connectivity index (χ0) is 35.9. The van der Waals surface area contributed by atoms with Crippen molar-refractivity contribution in [3.8, 4) is 28.7 Å². The molecule has 0 aromatic heterocycles. The summed E-state index contributed by atoms with van der Waals surface area (Å²) in [4.78, 5) is 31.4. The van der Waals surface area contributed by atoms with Gasteiger partial charge in [0.05, 0.1) is 30.4 Å². The summed E-state index contributed by atoms with van der Waals surface area (Å²) in [6.07, 6.45) is 2.18. The Hall–Kier alpha value is -4.72. The molecule has 3 heterocycles. The topological polar surface area (TPSA) is 140 Å². The number of nitrogens with one attached hydrogen (secondary N) is 2. The van der Waals surface area contributed by atoms with E-state index in [1.54, 1.807) is 41.3 Å². The van der Waals surface area contributed by atoms with E-state index in [2.05, 4.69) is 29.5 Å². The fraction of sp³-hybridized carbons (Fsp3) is 0.474. The second-order valence-electron chi connectivity index (χ2n) is 13.5. The van der Waals surface area contributed by atoms with Crippen molar-refractivity contribution >= 4 is 23.3 Å². The van der Waals surface area contributed by atoms with Crippen LogP contribution >= 0.6 is 0 Å². The van der Waals surface area contributed by atoms with Crippen LogP contribution in [0.1, 0.15) is 56.0 Å². The summed E-state index contributed by atoms with van der Waals surface area (Å²) < 4.78 is 34.7. The van der Waals surface area contributed by atoms with Crippen molar-refractivity contribution in [2.45, 2.75) is 64.8 Å². The van der Waals surface area contributed by atoms with E-state index in [4.69, 9.17) is 28.4 Å². The lowest BCUT2D eigenvalue weighted by Crippen LogP contribution is -2.47. The van der Waals surface area contributed by atoms with E-state index < -0.39 is 12.1 Å². The zero-order valence-corrected chi connectivity index (χ0v) is 29.7. The normalized spacial score (nSPS) is 21.0. The summed E-state index contributed by atoms with van der Waals surface area (Å²) in [6, 6.07) is 15.2. The van der Waals surface area contributed by atoms with Gasteiger partial charge >= 0.3 is 6.03 Å². The molecule has 3 aliphatic rings. The molecule has 4 atom stereocenters. The maximum atomic E-state index is 14.5. The third-order valence-electron chi connectivity index (χ3n) is 9.32. The molecule has 0 fully saturated rings. The molecule has 0 aliphatic carbocycles. The Morgan fingerprint density at radius 2 is 1.55 bits per heavy atom. The molecule has 3 aliphatic heterocycles. The molecule has 0 radical (unpaired) electrons. The molecule has 3 N–H and O–H groups in total. The molecular weight excluding hydrogens is 656 g/mol. The first-order valence-corrected chi connectivity index (χ1v) is 17.6. The molecule has 274 valence electrons. The number of anilines is 2. The van der Waals surface area contributed by atoms with Gasteiger partial charge in [0.25, 0.3) is 5.91 Å². The standard InChI is InChI=1S/C38H48N4O9/c1-24-18-42(25(2)21-43)37(44)30-16-28(39-38(45)40-29-10-13-33-35(17-29)50-23-48-33)9-12-31(30)51-26(3)7-5-6-14-46-36(24)20-41(4)19-27-8-11-32-34(15-27)49-22-47-32/h8-13,15-17,24-26,36,43H,5-7,14,18-23H2,1-4H3,(H2,39,40,45)/t24-,25+,26+,36+/m0/s1. The molecule has 13 nitrogen and oxygen atoms in total. The Morgan fingerprint density at radius 1 is 0.902 bits per heavy atom. The van der Waals surface area contributed by atoms with Crippen LogP contribution in [0.4, 0.5) is 16.2 Å². The number of hydrogen-bond acceptors (Lipinski definition) is 10. The van der Waals surface area contributed by atoms with Crippen LogP contribution in [-0.2, 0) is 11.3 Å². The first-order valence-electron chi connectivity index (χ1n) is 17.6. The predicted octanol–water partition coefficient (Wildman–Crippen LogP) is 5.72. The van der Waals surface area contributed by atoms with Crippen LogP contribution in [0.25, 0.3) is 0 Å². The second-order valence-corrected chi connectivity index (χ2v) is 13.5. The van der Waals surface area contributed by atoms with Gasteiger partial charge in [-0.3, -0.25) is 9.69 Å². The SMILES string of the molecule is C[C@@H]1CCCCO[C@H](CN(C)Cc2ccc3c(c2)OCO3)[C@@H](C)CN([C@H](C)CO)C(=O)c2cc(NC(=O)Nc3ccc4c(c3)OCO4)ccc2O1. The quantitative estimate of drug-likeness (QED) is 0.267. The van der Waals surface area contributed by atoms with Crippen molar-refractivity contribution in [2.24, 2.45) is 5.92 Å². The van der Waals surface area contributed by atoms with E-state index in [-0.39, 0.29) is 44.2 Å². The lowest BCUT2D eigenvalue weighted by atomic mass is 10.0. The number of ether oxygens (including phenoxy) is 6. The molecule has 51 heavy (non-hydrogen) atoms. The first kappa shape index (κ1) is 36.1. The molecule has 3 amide bonds. The average Bonchev–Trinajstić information content (AvgIpc) is 3.78. The summed E-state index contributed by atoms with van der Waals surface area (Å²) in [5.74, 6) is 2.69. The largest absolute Gasteiger partial charge is 0.490 e. The summed E-state index contributed by atoms with van der Waals surface area (Å²) in [5.41, 5.74) is 2.33. The summed E-state index contributed by atoms with van der Waals surface area (Å²) in [5, 5.41) is 15.9. The maximum absolute atomic E-state index is 14.5. The van der Waals surface area contributed by atoms with E-state index in [1.165, 1.54) is 0 Å². The van der Waals surface area contributed by atoms with Crippen LogP contribution in [0.3, 0.4) is 0 Å². The fourth-order valence-corrected chi connectivity index (χ4v) is 6.45. The summed E-state index contributed by atoms with van der Waals surface area (Å²) in [7, 11) is 2.05. The minimum absolute atomic E-state index is 0.0813. The van der Waals surface area contributed by atoms with Crippen molar-refractivity contribution in [2.75, 3.05) is 57.6 Å². The van der Waals surface area contributed by atoms with Crippen LogP contribution in [0.5, 0.6) is 28.7 Å². The van der Waals surface area contributed by atoms with Crippen molar-refractivity contribution in [1.82, 2.24) is 9.80 Å². The second kappa shape index (κ2) is 16.5. The van der Waals surface area contributed by atoms with Gasteiger partial charge in [0.2, 0.25) is 13.6 Å². The first-order chi connectivity index (χ1) is 24.7. The van der Waals surface area contributed by atoms with Gasteiger partial charge in [-0.2, -0.15) is 0 Å². The Kier molecular flexibility index (Phi) is 11.7. The van der Waals surface area contributed by atoms with E-state index in [1.807, 2.05) is 32.0 Å². The average molecular weight is 705 g/mol. The van der Waals surface area contributed by atoms with Gasteiger partial charge in [-0.1, -0.05) is 13.0 Å². The van der Waals surface area contributed by atoms with E-state index >= 15 is 0 Å². The number of benzene rings is 3. The molecule has 0 bridgehead atoms. The third-order valence-corrected chi connectivity index (χ3v) is 9.32. The van der Waals surface area contributed by atoms with Crippen LogP contribution in [0.2, 0.25) is 0 Å². The Morgan fingerprint density at radius 3 is 2.27 bits per heavy atom. The van der Waals surface area contributed by atoms with Crippen LogP contribution in [0.15, 0.2) is 54.6 Å². The van der Waals surface area contributed by atoms with Gasteiger partial charge in [-0.25, -0.2) is 4.79 Å². The zero-order valence-electron chi connectivity index (χ0n) is 29.7. The maximum Gasteiger partial charge on any atom is 0.323 e. The molecule has 0 unspecified atom stereocenters. The van der Waals surface area contributed by atoms with Crippen molar-refractivity contribution in [3.63, 3.8) is 0 Å². The predicted molar refractivity (Wildman–Crippen MR) is 191 cm³/mol. The minimum atomic E-state index is -0.490. The molecule has 0 saturated heterocycles. The number of carbonyl (C=O) groups is 2. The number of nitrogens with zero attached hydrogens (tertiary/aromatic N) is 2. The smallest absolute Gasteiger partial charge is 0.323 e. The Balaban J connectivity index is 1.20. The lowest BCUT2D eigenvalue weighted by molar-refractivity contribution is -0.0177. The van der Waals surface area contributed by atoms with E-state index in [0.717, 1.165) is 36.3 Å². The van der Waals surface area contributed by atoms with Crippen LogP contribution < -0.4 is 34.3 Å². The van der Waals surface area contributed by atoms with Crippen LogP contribution in [0, 0.1) is 5.92 Å². The lowest BCUT2D eigenvalue weighted by Gasteiger charge is -2.36. The van der Waals surface area contributed by atoms with Gasteiger partial charge < -0.3 is 49.1 Å². The Labute approximate surface area is 298 Å². The molecule has 0 saturated carbocycles. The van der Waals surface area contributed by atoms with Gasteiger partial charge in [0, 0.05) is 49.6 Å². The highest BCUT2D eigenvalue weighted by molar-refractivity contribution is 6.02. The molecule has 3 aromatic carbocycles. The van der Waals surface area contributed by atoms with Crippen molar-refractivity contribution in [3.05, 3.63) is 65.7 Å². The molecule has 13 heteroatoms. The highest BCUT2D eigenvalue weighted by Gasteiger charge is 2.31. The molecule has 0 spiro atoms. The number of aliphatic hydroxyl groups excluding tert-OH is 1. The van der Waals surface area contributed by atoms with Gasteiger partial charge in [0.15, 0.2) is 23.0 Å².